The maximum absolute atomic E-state index is 13.3. The quantitative estimate of drug-likeness (QED) is 0.376. The van der Waals surface area contributed by atoms with E-state index in [0.717, 1.165) is 79.7 Å². The highest BCUT2D eigenvalue weighted by molar-refractivity contribution is 5.97. The molecule has 2 unspecified atom stereocenters. The van der Waals surface area contributed by atoms with E-state index in [2.05, 4.69) is 46.2 Å². The number of aliphatic hydroxyl groups is 2. The van der Waals surface area contributed by atoms with Gasteiger partial charge in [0.2, 0.25) is 0 Å². The molecule has 3 aromatic rings. The molecule has 0 aromatic heterocycles. The molecular weight excluding hydrogens is 516 g/mol. The van der Waals surface area contributed by atoms with Crippen LogP contribution in [0.4, 0.5) is 11.4 Å². The van der Waals surface area contributed by atoms with Crippen LogP contribution in [0, 0.1) is 0 Å². The van der Waals surface area contributed by atoms with Crippen LogP contribution in [0.1, 0.15) is 78.4 Å². The van der Waals surface area contributed by atoms with Gasteiger partial charge in [-0.25, -0.2) is 4.79 Å². The molecule has 2 fully saturated rings. The van der Waals surface area contributed by atoms with Crippen LogP contribution in [0.2, 0.25) is 0 Å². The normalized spacial score (nSPS) is 24.9. The Kier molecular flexibility index (Phi) is 6.87. The topological polar surface area (TPSA) is 82.5 Å². The molecule has 2 N–H and O–H groups in total. The summed E-state index contributed by atoms with van der Waals surface area (Å²) in [6.45, 7) is 2.22. The molecule has 0 aliphatic carbocycles. The highest BCUT2D eigenvalue weighted by Crippen LogP contribution is 2.57. The fourth-order valence-corrected chi connectivity index (χ4v) is 7.59. The van der Waals surface area contributed by atoms with Crippen LogP contribution in [0.15, 0.2) is 60.7 Å². The number of carbonyl (C=O) groups excluding carboxylic acids is 1. The van der Waals surface area contributed by atoms with Crippen LogP contribution < -0.4 is 14.5 Å². The summed E-state index contributed by atoms with van der Waals surface area (Å²) in [6.07, 6.45) is 8.17. The van der Waals surface area contributed by atoms with Gasteiger partial charge in [-0.2, -0.15) is 0 Å². The molecule has 0 bridgehead atoms. The number of benzene rings is 3. The van der Waals surface area contributed by atoms with Crippen LogP contribution >= 0.6 is 0 Å². The van der Waals surface area contributed by atoms with E-state index in [9.17, 15) is 15.0 Å². The third-order valence-electron chi connectivity index (χ3n) is 9.52. The van der Waals surface area contributed by atoms with Crippen LogP contribution in [-0.4, -0.2) is 54.6 Å². The third kappa shape index (κ3) is 4.29. The van der Waals surface area contributed by atoms with E-state index in [4.69, 9.17) is 9.47 Å². The summed E-state index contributed by atoms with van der Waals surface area (Å²) in [4.78, 5) is 18.1. The standard InChI is InChI=1S/C34H38N2O5/c37-19-15-23-7-3-5-17-35(23)25-11-13-29-31(21-25)40-32-22-26(36-18-6-4-8-24(36)16-20-38)12-14-30(32)34(29)28-10-2-1-9-27(28)33(39)41-34/h1-2,9-14,21-24,37-38H,3-8,15-20H2. The van der Waals surface area contributed by atoms with Gasteiger partial charge in [0.15, 0.2) is 5.60 Å². The largest absolute Gasteiger partial charge is 0.456 e. The van der Waals surface area contributed by atoms with Crippen molar-refractivity contribution in [3.8, 4) is 11.5 Å². The number of aliphatic hydroxyl groups excluding tert-OH is 2. The minimum atomic E-state index is -1.09. The van der Waals surface area contributed by atoms with Gasteiger partial charge >= 0.3 is 5.97 Å². The Hall–Kier alpha value is -3.55. The molecule has 4 aliphatic heterocycles. The number of ether oxygens (including phenoxy) is 2. The first-order chi connectivity index (χ1) is 20.1. The number of carbonyl (C=O) groups is 1. The molecule has 7 rings (SSSR count). The Bertz CT molecular complexity index is 1380. The lowest BCUT2D eigenvalue weighted by Gasteiger charge is -2.41. The van der Waals surface area contributed by atoms with Gasteiger partial charge < -0.3 is 29.5 Å². The number of hydrogen-bond acceptors (Lipinski definition) is 7. The van der Waals surface area contributed by atoms with Crippen molar-refractivity contribution in [2.45, 2.75) is 69.1 Å². The zero-order chi connectivity index (χ0) is 28.0. The lowest BCUT2D eigenvalue weighted by molar-refractivity contribution is 0.0224. The highest BCUT2D eigenvalue weighted by atomic mass is 16.6. The van der Waals surface area contributed by atoms with Gasteiger partial charge in [0, 0.05) is 78.6 Å². The van der Waals surface area contributed by atoms with E-state index >= 15 is 0 Å². The number of esters is 1. The van der Waals surface area contributed by atoms with E-state index in [1.165, 1.54) is 12.8 Å². The van der Waals surface area contributed by atoms with Crippen LogP contribution in [0.5, 0.6) is 11.5 Å². The summed E-state index contributed by atoms with van der Waals surface area (Å²) in [6, 6.07) is 20.8. The highest BCUT2D eigenvalue weighted by Gasteiger charge is 2.53. The molecule has 7 heteroatoms. The van der Waals surface area contributed by atoms with Crippen molar-refractivity contribution in [2.24, 2.45) is 0 Å². The first kappa shape index (κ1) is 26.4. The molecular formula is C34H38N2O5. The SMILES string of the molecule is O=C1OC2(c3ccc(N4CCCCC4CCO)cc3Oc3cc(N4CCCCC4CCO)ccc32)c2ccccc21. The van der Waals surface area contributed by atoms with E-state index in [0.29, 0.717) is 17.1 Å². The first-order valence-electron chi connectivity index (χ1n) is 15.2. The number of piperidine rings is 2. The fraction of sp³-hybridized carbons (Fsp3) is 0.441. The number of rotatable bonds is 6. The van der Waals surface area contributed by atoms with Crippen LogP contribution in [0.25, 0.3) is 0 Å². The van der Waals surface area contributed by atoms with Crippen molar-refractivity contribution in [3.63, 3.8) is 0 Å². The minimum Gasteiger partial charge on any atom is -0.456 e. The van der Waals surface area contributed by atoms with E-state index in [-0.39, 0.29) is 31.3 Å². The molecule has 0 saturated carbocycles. The maximum atomic E-state index is 13.3. The van der Waals surface area contributed by atoms with Crippen molar-refractivity contribution in [3.05, 3.63) is 82.9 Å². The average Bonchev–Trinajstić information content (AvgIpc) is 3.30. The van der Waals surface area contributed by atoms with E-state index in [1.807, 2.05) is 24.3 Å². The zero-order valence-electron chi connectivity index (χ0n) is 23.4. The predicted molar refractivity (Wildman–Crippen MR) is 158 cm³/mol. The van der Waals surface area contributed by atoms with Crippen molar-refractivity contribution in [1.29, 1.82) is 0 Å². The van der Waals surface area contributed by atoms with Gasteiger partial charge in [0.25, 0.3) is 0 Å². The van der Waals surface area contributed by atoms with E-state index in [1.54, 1.807) is 0 Å². The predicted octanol–water partition coefficient (Wildman–Crippen LogP) is 5.74. The van der Waals surface area contributed by atoms with Gasteiger partial charge in [0.1, 0.15) is 11.5 Å². The zero-order valence-corrected chi connectivity index (χ0v) is 23.4. The molecule has 4 heterocycles. The Morgan fingerprint density at radius 1 is 0.732 bits per heavy atom. The number of fused-ring (bicyclic) bond motifs is 6. The monoisotopic (exact) mass is 554 g/mol. The van der Waals surface area contributed by atoms with Crippen LogP contribution in [0.3, 0.4) is 0 Å². The Morgan fingerprint density at radius 2 is 1.29 bits per heavy atom. The number of anilines is 2. The Balaban J connectivity index is 1.36. The summed E-state index contributed by atoms with van der Waals surface area (Å²) in [5.74, 6) is 1.05. The third-order valence-corrected chi connectivity index (χ3v) is 9.52. The van der Waals surface area contributed by atoms with Gasteiger partial charge in [-0.3, -0.25) is 0 Å². The molecule has 214 valence electrons. The van der Waals surface area contributed by atoms with Crippen molar-refractivity contribution in [2.75, 3.05) is 36.1 Å². The lowest BCUT2D eigenvalue weighted by Crippen LogP contribution is -2.40. The summed E-state index contributed by atoms with van der Waals surface area (Å²) in [5.41, 5.74) is 4.10. The summed E-state index contributed by atoms with van der Waals surface area (Å²) in [5, 5.41) is 19.4. The van der Waals surface area contributed by atoms with Crippen LogP contribution in [-0.2, 0) is 10.3 Å². The fourth-order valence-electron chi connectivity index (χ4n) is 7.59. The van der Waals surface area contributed by atoms with Gasteiger partial charge in [-0.1, -0.05) is 18.2 Å². The molecule has 7 nitrogen and oxygen atoms in total. The summed E-state index contributed by atoms with van der Waals surface area (Å²) < 4.78 is 13.1. The second-order valence-corrected chi connectivity index (χ2v) is 11.8. The summed E-state index contributed by atoms with van der Waals surface area (Å²) in [7, 11) is 0. The van der Waals surface area contributed by atoms with E-state index < -0.39 is 5.60 Å². The average molecular weight is 555 g/mol. The first-order valence-corrected chi connectivity index (χ1v) is 15.2. The van der Waals surface area contributed by atoms with Gasteiger partial charge in [0.05, 0.1) is 5.56 Å². The molecule has 1 spiro atoms. The molecule has 4 aliphatic rings. The van der Waals surface area contributed by atoms with Crippen molar-refractivity contribution in [1.82, 2.24) is 0 Å². The molecule has 2 atom stereocenters. The summed E-state index contributed by atoms with van der Waals surface area (Å²) >= 11 is 0. The van der Waals surface area contributed by atoms with Gasteiger partial charge in [-0.15, -0.1) is 0 Å². The lowest BCUT2D eigenvalue weighted by atomic mass is 9.77. The second kappa shape index (κ2) is 10.7. The molecule has 2 saturated heterocycles. The van der Waals surface area contributed by atoms with Crippen molar-refractivity contribution < 1.29 is 24.5 Å². The number of hydrogen-bond donors (Lipinski definition) is 2. The molecule has 41 heavy (non-hydrogen) atoms. The maximum Gasteiger partial charge on any atom is 0.340 e. The molecule has 0 amide bonds. The molecule has 3 aromatic carbocycles. The Morgan fingerprint density at radius 3 is 1.85 bits per heavy atom. The number of nitrogens with zero attached hydrogens (tertiary/aromatic N) is 2. The smallest absolute Gasteiger partial charge is 0.340 e. The van der Waals surface area contributed by atoms with Crippen molar-refractivity contribution >= 4 is 17.3 Å². The van der Waals surface area contributed by atoms with Gasteiger partial charge in [-0.05, 0) is 81.7 Å². The minimum absolute atomic E-state index is 0.169. The second-order valence-electron chi connectivity index (χ2n) is 11.8. The Labute approximate surface area is 241 Å². The molecule has 0 radical (unpaired) electrons.